The summed E-state index contributed by atoms with van der Waals surface area (Å²) in [5, 5.41) is 6.49. The second-order valence-corrected chi connectivity index (χ2v) is 12.6. The monoisotopic (exact) mass is 667 g/mol. The molecular formula is C34H40F3N7O4. The van der Waals surface area contributed by atoms with Gasteiger partial charge in [0.2, 0.25) is 17.9 Å². The molecule has 11 nitrogen and oxygen atoms in total. The van der Waals surface area contributed by atoms with E-state index in [9.17, 15) is 22.8 Å². The van der Waals surface area contributed by atoms with Crippen molar-refractivity contribution in [2.45, 2.75) is 44.5 Å². The molecule has 2 aromatic carbocycles. The van der Waals surface area contributed by atoms with Gasteiger partial charge >= 0.3 is 12.1 Å². The molecule has 0 saturated carbocycles. The Bertz CT molecular complexity index is 1590. The normalized spacial score (nSPS) is 20.0. The third kappa shape index (κ3) is 7.49. The maximum atomic E-state index is 14.4. The third-order valence-electron chi connectivity index (χ3n) is 9.40. The van der Waals surface area contributed by atoms with Crippen molar-refractivity contribution in [3.05, 3.63) is 65.7 Å². The van der Waals surface area contributed by atoms with Crippen LogP contribution in [0.15, 0.2) is 54.6 Å². The first-order valence-corrected chi connectivity index (χ1v) is 16.3. The number of carbonyl (C=O) groups excluding carboxylic acids is 2. The number of piperazine rings is 1. The van der Waals surface area contributed by atoms with E-state index in [1.165, 1.54) is 18.2 Å². The number of esters is 1. The van der Waals surface area contributed by atoms with Gasteiger partial charge in [-0.15, -0.1) is 0 Å². The van der Waals surface area contributed by atoms with Crippen LogP contribution in [0.1, 0.15) is 48.2 Å². The molecule has 0 bridgehead atoms. The van der Waals surface area contributed by atoms with Crippen molar-refractivity contribution >= 4 is 23.6 Å². The largest absolute Gasteiger partial charge is 0.465 e. The third-order valence-corrected chi connectivity index (χ3v) is 9.40. The Morgan fingerprint density at radius 3 is 2.27 bits per heavy atom. The number of nitrogens with one attached hydrogen (secondary N) is 2. The van der Waals surface area contributed by atoms with Crippen molar-refractivity contribution in [1.29, 1.82) is 0 Å². The van der Waals surface area contributed by atoms with Gasteiger partial charge in [0.1, 0.15) is 11.9 Å². The minimum Gasteiger partial charge on any atom is -0.465 e. The van der Waals surface area contributed by atoms with Crippen molar-refractivity contribution in [2.75, 3.05) is 63.1 Å². The van der Waals surface area contributed by atoms with E-state index in [1.807, 2.05) is 4.90 Å². The molecule has 2 atom stereocenters. The molecule has 3 aliphatic heterocycles. The predicted octanol–water partition coefficient (Wildman–Crippen LogP) is 3.97. The Kier molecular flexibility index (Phi) is 9.74. The molecule has 256 valence electrons. The molecule has 0 radical (unpaired) electrons. The lowest BCUT2D eigenvalue weighted by molar-refractivity contribution is -0.198. The lowest BCUT2D eigenvalue weighted by Crippen LogP contribution is -2.46. The summed E-state index contributed by atoms with van der Waals surface area (Å²) in [6, 6.07) is 14.0. The SMILES string of the molecule is CCOC(=O)[C@@H]1CC2(CCN(c3cc(O[C@H](c4ccc(-c5ccc(C(=O)N6CCNCC6)cc5)cc4)C(F)(F)F)nc(N)n3)CC2)CN1. The van der Waals surface area contributed by atoms with E-state index in [0.717, 1.165) is 31.5 Å². The van der Waals surface area contributed by atoms with Crippen LogP contribution in [0.2, 0.25) is 0 Å². The molecule has 6 rings (SSSR count). The summed E-state index contributed by atoms with van der Waals surface area (Å²) in [6.07, 6.45) is -4.82. The van der Waals surface area contributed by atoms with Gasteiger partial charge in [-0.25, -0.2) is 0 Å². The number of anilines is 2. The van der Waals surface area contributed by atoms with Crippen LogP contribution in [-0.4, -0.2) is 91.4 Å². The summed E-state index contributed by atoms with van der Waals surface area (Å²) in [4.78, 5) is 37.0. The van der Waals surface area contributed by atoms with Gasteiger partial charge in [-0.3, -0.25) is 9.59 Å². The van der Waals surface area contributed by atoms with E-state index in [1.54, 1.807) is 48.2 Å². The van der Waals surface area contributed by atoms with Gasteiger partial charge in [0.15, 0.2) is 0 Å². The van der Waals surface area contributed by atoms with Gasteiger partial charge in [0, 0.05) is 63.0 Å². The van der Waals surface area contributed by atoms with Gasteiger partial charge in [-0.05, 0) is 54.9 Å². The predicted molar refractivity (Wildman–Crippen MR) is 173 cm³/mol. The van der Waals surface area contributed by atoms with E-state index < -0.39 is 12.3 Å². The number of benzene rings is 2. The van der Waals surface area contributed by atoms with Crippen LogP contribution in [0.25, 0.3) is 11.1 Å². The summed E-state index contributed by atoms with van der Waals surface area (Å²) < 4.78 is 53.7. The molecule has 0 unspecified atom stereocenters. The molecule has 0 aliphatic carbocycles. The number of ether oxygens (including phenoxy) is 2. The van der Waals surface area contributed by atoms with Crippen LogP contribution in [0.3, 0.4) is 0 Å². The molecule has 1 amide bonds. The molecule has 3 saturated heterocycles. The molecule has 1 spiro atoms. The Balaban J connectivity index is 1.12. The minimum atomic E-state index is -4.74. The molecule has 4 N–H and O–H groups in total. The fraction of sp³-hybridized carbons (Fsp3) is 0.471. The van der Waals surface area contributed by atoms with Gasteiger partial charge in [-0.2, -0.15) is 23.1 Å². The average molecular weight is 668 g/mol. The molecule has 4 heterocycles. The van der Waals surface area contributed by atoms with Crippen LogP contribution < -0.4 is 26.0 Å². The molecule has 14 heteroatoms. The number of aromatic nitrogens is 2. The first-order chi connectivity index (χ1) is 23.0. The second-order valence-electron chi connectivity index (χ2n) is 12.6. The smallest absolute Gasteiger partial charge is 0.429 e. The van der Waals surface area contributed by atoms with Crippen LogP contribution in [0, 0.1) is 5.41 Å². The highest BCUT2D eigenvalue weighted by Gasteiger charge is 2.45. The number of hydrogen-bond acceptors (Lipinski definition) is 10. The number of rotatable bonds is 8. The van der Waals surface area contributed by atoms with E-state index in [-0.39, 0.29) is 40.7 Å². The zero-order valence-electron chi connectivity index (χ0n) is 26.8. The summed E-state index contributed by atoms with van der Waals surface area (Å²) in [7, 11) is 0. The number of hydrogen-bond donors (Lipinski definition) is 3. The Labute approximate surface area is 277 Å². The molecule has 3 fully saturated rings. The summed E-state index contributed by atoms with van der Waals surface area (Å²) in [6.45, 7) is 6.76. The fourth-order valence-electron chi connectivity index (χ4n) is 6.72. The van der Waals surface area contributed by atoms with Crippen molar-refractivity contribution in [3.8, 4) is 17.0 Å². The topological polar surface area (TPSA) is 135 Å². The van der Waals surface area contributed by atoms with E-state index in [2.05, 4.69) is 20.6 Å². The maximum absolute atomic E-state index is 14.4. The number of amides is 1. The quantitative estimate of drug-likeness (QED) is 0.303. The Hall–Kier alpha value is -4.43. The molecule has 3 aliphatic rings. The highest BCUT2D eigenvalue weighted by Crippen LogP contribution is 2.42. The zero-order valence-corrected chi connectivity index (χ0v) is 26.8. The van der Waals surface area contributed by atoms with E-state index in [4.69, 9.17) is 15.2 Å². The summed E-state index contributed by atoms with van der Waals surface area (Å²) in [5.41, 5.74) is 7.81. The molecule has 3 aromatic rings. The van der Waals surface area contributed by atoms with Crippen molar-refractivity contribution in [3.63, 3.8) is 0 Å². The maximum Gasteiger partial charge on any atom is 0.429 e. The zero-order chi connectivity index (χ0) is 33.9. The van der Waals surface area contributed by atoms with Gasteiger partial charge in [-0.1, -0.05) is 36.4 Å². The highest BCUT2D eigenvalue weighted by molar-refractivity contribution is 5.94. The van der Waals surface area contributed by atoms with Crippen LogP contribution in [0.4, 0.5) is 24.9 Å². The second kappa shape index (κ2) is 14.0. The van der Waals surface area contributed by atoms with Crippen LogP contribution >= 0.6 is 0 Å². The lowest BCUT2D eigenvalue weighted by atomic mass is 9.76. The highest BCUT2D eigenvalue weighted by atomic mass is 19.4. The number of halogens is 3. The number of nitrogens with zero attached hydrogens (tertiary/aromatic N) is 4. The lowest BCUT2D eigenvalue weighted by Gasteiger charge is -2.39. The fourth-order valence-corrected chi connectivity index (χ4v) is 6.72. The first kappa shape index (κ1) is 33.5. The molecular weight excluding hydrogens is 627 g/mol. The van der Waals surface area contributed by atoms with Gasteiger partial charge in [0.05, 0.1) is 6.61 Å². The molecule has 1 aromatic heterocycles. The minimum absolute atomic E-state index is 0.0448. The van der Waals surface area contributed by atoms with Crippen LogP contribution in [0.5, 0.6) is 5.88 Å². The van der Waals surface area contributed by atoms with Gasteiger partial charge in [0.25, 0.3) is 5.91 Å². The number of alkyl halides is 3. The standard InChI is InChI=1S/C34H40F3N7O4/c1-2-47-31(46)26-20-33(21-40-26)11-15-43(16-12-33)27-19-28(42-32(38)41-27)48-29(34(35,36)37)24-7-3-22(4-8-24)23-5-9-25(10-6-23)30(45)44-17-13-39-14-18-44/h3-10,19,26,29,39-40H,2,11-18,20-21H2,1H3,(H2,38,41,42)/t26-,29+/m0/s1. The van der Waals surface area contributed by atoms with Crippen molar-refractivity contribution in [2.24, 2.45) is 5.41 Å². The van der Waals surface area contributed by atoms with E-state index in [0.29, 0.717) is 62.7 Å². The van der Waals surface area contributed by atoms with E-state index >= 15 is 0 Å². The molecule has 48 heavy (non-hydrogen) atoms. The van der Waals surface area contributed by atoms with Crippen molar-refractivity contribution in [1.82, 2.24) is 25.5 Å². The first-order valence-electron chi connectivity index (χ1n) is 16.3. The average Bonchev–Trinajstić information content (AvgIpc) is 3.50. The summed E-state index contributed by atoms with van der Waals surface area (Å²) in [5.74, 6) is -0.377. The number of nitrogens with two attached hydrogens (primary N) is 1. The van der Waals surface area contributed by atoms with Crippen LogP contribution in [-0.2, 0) is 9.53 Å². The number of carbonyl (C=O) groups is 2. The number of piperidine rings is 1. The van der Waals surface area contributed by atoms with Gasteiger partial charge < -0.3 is 35.6 Å². The summed E-state index contributed by atoms with van der Waals surface area (Å²) >= 11 is 0. The Morgan fingerprint density at radius 1 is 1.00 bits per heavy atom. The van der Waals surface area contributed by atoms with Crippen molar-refractivity contribution < 1.29 is 32.2 Å². The Morgan fingerprint density at radius 2 is 1.65 bits per heavy atom. The number of nitrogen functional groups attached to an aromatic ring is 1.